The van der Waals surface area contributed by atoms with Crippen molar-refractivity contribution in [2.75, 3.05) is 11.9 Å². The largest absolute Gasteiger partial charge is 0.339 e. The Morgan fingerprint density at radius 3 is 2.62 bits per heavy atom. The molecular formula is C20H17FN4O. The predicted octanol–water partition coefficient (Wildman–Crippen LogP) is 3.56. The van der Waals surface area contributed by atoms with E-state index >= 15 is 0 Å². The van der Waals surface area contributed by atoms with Crippen molar-refractivity contribution in [3.63, 3.8) is 0 Å². The Bertz CT molecular complexity index is 943. The Morgan fingerprint density at radius 2 is 1.85 bits per heavy atom. The Morgan fingerprint density at radius 1 is 1.00 bits per heavy atom. The van der Waals surface area contributed by atoms with E-state index in [1.807, 2.05) is 18.2 Å². The second-order valence-corrected chi connectivity index (χ2v) is 6.18. The maximum Gasteiger partial charge on any atom is 0.274 e. The zero-order chi connectivity index (χ0) is 17.9. The number of carbonyl (C=O) groups is 1. The quantitative estimate of drug-likeness (QED) is 0.786. The van der Waals surface area contributed by atoms with Gasteiger partial charge in [0.25, 0.3) is 5.91 Å². The average molecular weight is 348 g/mol. The van der Waals surface area contributed by atoms with E-state index in [0.717, 1.165) is 6.42 Å². The molecule has 0 spiro atoms. The lowest BCUT2D eigenvalue weighted by Crippen LogP contribution is -2.36. The summed E-state index contributed by atoms with van der Waals surface area (Å²) in [7, 11) is 0. The van der Waals surface area contributed by atoms with Crippen LogP contribution in [0.3, 0.4) is 0 Å². The first-order chi connectivity index (χ1) is 12.7. The van der Waals surface area contributed by atoms with Gasteiger partial charge in [-0.3, -0.25) is 4.79 Å². The summed E-state index contributed by atoms with van der Waals surface area (Å²) in [5, 5.41) is 11.0. The molecule has 130 valence electrons. The van der Waals surface area contributed by atoms with Gasteiger partial charge in [0.2, 0.25) is 0 Å². The molecule has 1 amide bonds. The van der Waals surface area contributed by atoms with Crippen LogP contribution in [0.15, 0.2) is 60.7 Å². The number of anilines is 2. The first kappa shape index (κ1) is 16.2. The van der Waals surface area contributed by atoms with E-state index in [1.54, 1.807) is 29.2 Å². The van der Waals surface area contributed by atoms with Gasteiger partial charge in [-0.2, -0.15) is 0 Å². The molecule has 2 aromatic carbocycles. The maximum absolute atomic E-state index is 13.2. The van der Waals surface area contributed by atoms with Crippen LogP contribution in [0.25, 0.3) is 0 Å². The number of halogens is 1. The molecule has 26 heavy (non-hydrogen) atoms. The number of benzene rings is 2. The zero-order valence-corrected chi connectivity index (χ0v) is 14.0. The Hall–Kier alpha value is -3.28. The molecule has 6 heteroatoms. The van der Waals surface area contributed by atoms with Crippen LogP contribution in [0.5, 0.6) is 0 Å². The fourth-order valence-corrected chi connectivity index (χ4v) is 3.06. The lowest BCUT2D eigenvalue weighted by Gasteiger charge is -2.28. The summed E-state index contributed by atoms with van der Waals surface area (Å²) in [4.78, 5) is 14.5. The van der Waals surface area contributed by atoms with Crippen LogP contribution in [-0.2, 0) is 13.0 Å². The van der Waals surface area contributed by atoms with Crippen LogP contribution >= 0.6 is 0 Å². The molecule has 0 bridgehead atoms. The molecule has 3 aromatic rings. The molecule has 0 aliphatic carbocycles. The number of nitrogens with zero attached hydrogens (tertiary/aromatic N) is 3. The van der Waals surface area contributed by atoms with Gasteiger partial charge in [-0.1, -0.05) is 30.3 Å². The molecule has 1 aliphatic rings. The second-order valence-electron chi connectivity index (χ2n) is 6.18. The molecule has 1 aliphatic heterocycles. The summed E-state index contributed by atoms with van der Waals surface area (Å²) in [5.74, 6) is -0.0133. The fourth-order valence-electron chi connectivity index (χ4n) is 3.06. The average Bonchev–Trinajstić information content (AvgIpc) is 2.68. The smallest absolute Gasteiger partial charge is 0.274 e. The van der Waals surface area contributed by atoms with Gasteiger partial charge in [0.05, 0.1) is 0 Å². The van der Waals surface area contributed by atoms with Gasteiger partial charge in [0, 0.05) is 18.8 Å². The van der Waals surface area contributed by atoms with Crippen molar-refractivity contribution in [2.24, 2.45) is 0 Å². The summed E-state index contributed by atoms with van der Waals surface area (Å²) in [6.45, 7) is 1.25. The Balaban J connectivity index is 1.46. The van der Waals surface area contributed by atoms with Gasteiger partial charge in [-0.05, 0) is 47.9 Å². The zero-order valence-electron chi connectivity index (χ0n) is 14.0. The number of nitrogens with one attached hydrogen (secondary N) is 1. The third-order valence-corrected chi connectivity index (χ3v) is 4.40. The highest BCUT2D eigenvalue weighted by Gasteiger charge is 2.22. The molecule has 0 saturated heterocycles. The van der Waals surface area contributed by atoms with Crippen molar-refractivity contribution in [2.45, 2.75) is 13.0 Å². The minimum absolute atomic E-state index is 0.135. The minimum atomic E-state index is -0.333. The molecule has 0 unspecified atom stereocenters. The summed E-state index contributed by atoms with van der Waals surface area (Å²) >= 11 is 0. The predicted molar refractivity (Wildman–Crippen MR) is 96.6 cm³/mol. The van der Waals surface area contributed by atoms with Crippen LogP contribution in [-0.4, -0.2) is 27.5 Å². The molecule has 5 nitrogen and oxygen atoms in total. The lowest BCUT2D eigenvalue weighted by molar-refractivity contribution is 0.0727. The van der Waals surface area contributed by atoms with Crippen molar-refractivity contribution in [3.8, 4) is 0 Å². The third-order valence-electron chi connectivity index (χ3n) is 4.40. The normalized spacial score (nSPS) is 13.2. The number of fused-ring (bicyclic) bond motifs is 1. The highest BCUT2D eigenvalue weighted by atomic mass is 19.1. The lowest BCUT2D eigenvalue weighted by atomic mass is 10.00. The SMILES string of the molecule is O=C(c1ccc(Nc2cccc(F)c2)nn1)N1CCc2ccccc2C1. The molecular weight excluding hydrogens is 331 g/mol. The highest BCUT2D eigenvalue weighted by Crippen LogP contribution is 2.20. The summed E-state index contributed by atoms with van der Waals surface area (Å²) in [6, 6.07) is 17.5. The highest BCUT2D eigenvalue weighted by molar-refractivity contribution is 5.92. The molecule has 1 N–H and O–H groups in total. The topological polar surface area (TPSA) is 58.1 Å². The number of carbonyl (C=O) groups excluding carboxylic acids is 1. The van der Waals surface area contributed by atoms with Crippen molar-refractivity contribution < 1.29 is 9.18 Å². The van der Waals surface area contributed by atoms with Gasteiger partial charge in [0.1, 0.15) is 5.82 Å². The molecule has 0 fully saturated rings. The molecule has 0 radical (unpaired) electrons. The number of rotatable bonds is 3. The summed E-state index contributed by atoms with van der Waals surface area (Å²) in [6.07, 6.45) is 0.842. The van der Waals surface area contributed by atoms with E-state index in [9.17, 15) is 9.18 Å². The molecule has 0 saturated carbocycles. The molecule has 0 atom stereocenters. The molecule has 4 rings (SSSR count). The number of aromatic nitrogens is 2. The van der Waals surface area contributed by atoms with Crippen LogP contribution in [0.2, 0.25) is 0 Å². The second kappa shape index (κ2) is 6.92. The first-order valence-corrected chi connectivity index (χ1v) is 8.41. The standard InChI is InChI=1S/C20H17FN4O/c21-16-6-3-7-17(12-16)22-19-9-8-18(23-24-19)20(26)25-11-10-14-4-1-2-5-15(14)13-25/h1-9,12H,10-11,13H2,(H,22,24). The minimum Gasteiger partial charge on any atom is -0.339 e. The third kappa shape index (κ3) is 3.39. The summed E-state index contributed by atoms with van der Waals surface area (Å²) < 4.78 is 13.2. The Kier molecular flexibility index (Phi) is 4.31. The number of amides is 1. The van der Waals surface area contributed by atoms with Crippen LogP contribution in [0, 0.1) is 5.82 Å². The van der Waals surface area contributed by atoms with Crippen LogP contribution in [0.1, 0.15) is 21.6 Å². The Labute approximate surface area is 150 Å². The van der Waals surface area contributed by atoms with Crippen molar-refractivity contribution in [1.82, 2.24) is 15.1 Å². The monoisotopic (exact) mass is 348 g/mol. The van der Waals surface area contributed by atoms with E-state index in [-0.39, 0.29) is 11.7 Å². The van der Waals surface area contributed by atoms with E-state index in [0.29, 0.717) is 30.3 Å². The van der Waals surface area contributed by atoms with E-state index in [1.165, 1.54) is 23.3 Å². The van der Waals surface area contributed by atoms with Gasteiger partial charge in [-0.25, -0.2) is 4.39 Å². The summed E-state index contributed by atoms with van der Waals surface area (Å²) in [5.41, 5.74) is 3.34. The van der Waals surface area contributed by atoms with Crippen molar-refractivity contribution in [3.05, 3.63) is 83.3 Å². The number of hydrogen-bond donors (Lipinski definition) is 1. The van der Waals surface area contributed by atoms with Crippen molar-refractivity contribution >= 4 is 17.4 Å². The van der Waals surface area contributed by atoms with Crippen molar-refractivity contribution in [1.29, 1.82) is 0 Å². The molecule has 1 aromatic heterocycles. The van der Waals surface area contributed by atoms with Gasteiger partial charge in [-0.15, -0.1) is 10.2 Å². The van der Waals surface area contributed by atoms with Crippen LogP contribution in [0.4, 0.5) is 15.9 Å². The maximum atomic E-state index is 13.2. The number of hydrogen-bond acceptors (Lipinski definition) is 4. The van der Waals surface area contributed by atoms with E-state index in [2.05, 4.69) is 21.6 Å². The fraction of sp³-hybridized carbons (Fsp3) is 0.150. The molecule has 2 heterocycles. The van der Waals surface area contributed by atoms with E-state index in [4.69, 9.17) is 0 Å². The van der Waals surface area contributed by atoms with E-state index < -0.39 is 0 Å². The van der Waals surface area contributed by atoms with Crippen LogP contribution < -0.4 is 5.32 Å². The first-order valence-electron chi connectivity index (χ1n) is 8.41. The van der Waals surface area contributed by atoms with Gasteiger partial charge in [0.15, 0.2) is 11.5 Å². The van der Waals surface area contributed by atoms with Gasteiger partial charge < -0.3 is 10.2 Å². The van der Waals surface area contributed by atoms with Gasteiger partial charge >= 0.3 is 0 Å².